The number of aromatic nitrogens is 3. The van der Waals surface area contributed by atoms with Gasteiger partial charge in [-0.15, -0.1) is 24.0 Å². The van der Waals surface area contributed by atoms with Gasteiger partial charge in [-0.3, -0.25) is 4.99 Å². The lowest BCUT2D eigenvalue weighted by atomic mass is 9.99. The summed E-state index contributed by atoms with van der Waals surface area (Å²) in [4.78, 5) is 11.3. The van der Waals surface area contributed by atoms with Gasteiger partial charge in [0.2, 0.25) is 0 Å². The van der Waals surface area contributed by atoms with Gasteiger partial charge in [0.15, 0.2) is 11.8 Å². The molecule has 0 atom stereocenters. The standard InChI is InChI=1S/C20H31N7.HI/c1-17-6-13-26(14-7-17)11-3-8-23-20(21-2)24-16-18-5-10-22-19(15-18)27-12-4-9-25-27;/h4-5,9-10,12,15,17H,3,6-8,11,13-14,16H2,1-2H3,(H2,21,23,24);1H. The molecule has 3 heterocycles. The number of halogens is 1. The molecule has 28 heavy (non-hydrogen) atoms. The van der Waals surface area contributed by atoms with Gasteiger partial charge in [0.1, 0.15) is 0 Å². The molecule has 0 aromatic carbocycles. The van der Waals surface area contributed by atoms with Crippen molar-refractivity contribution in [3.05, 3.63) is 42.4 Å². The van der Waals surface area contributed by atoms with Gasteiger partial charge in [-0.25, -0.2) is 9.67 Å². The average molecular weight is 497 g/mol. The van der Waals surface area contributed by atoms with E-state index in [2.05, 4.69) is 37.5 Å². The number of aliphatic imine (C=N–C) groups is 1. The molecule has 154 valence electrons. The Morgan fingerprint density at radius 3 is 2.79 bits per heavy atom. The Kier molecular flexibility index (Phi) is 9.69. The monoisotopic (exact) mass is 497 g/mol. The highest BCUT2D eigenvalue weighted by molar-refractivity contribution is 14.0. The van der Waals surface area contributed by atoms with Gasteiger partial charge in [0, 0.05) is 38.7 Å². The summed E-state index contributed by atoms with van der Waals surface area (Å²) in [6.07, 6.45) is 9.26. The van der Waals surface area contributed by atoms with Crippen molar-refractivity contribution in [2.75, 3.05) is 33.2 Å². The van der Waals surface area contributed by atoms with E-state index in [1.54, 1.807) is 10.9 Å². The van der Waals surface area contributed by atoms with Crippen LogP contribution in [0.3, 0.4) is 0 Å². The first-order valence-corrected chi connectivity index (χ1v) is 9.86. The van der Waals surface area contributed by atoms with Crippen molar-refractivity contribution < 1.29 is 0 Å². The predicted molar refractivity (Wildman–Crippen MR) is 124 cm³/mol. The summed E-state index contributed by atoms with van der Waals surface area (Å²) >= 11 is 0. The van der Waals surface area contributed by atoms with E-state index >= 15 is 0 Å². The lowest BCUT2D eigenvalue weighted by Gasteiger charge is -2.30. The maximum absolute atomic E-state index is 4.36. The van der Waals surface area contributed by atoms with Crippen molar-refractivity contribution in [1.29, 1.82) is 0 Å². The van der Waals surface area contributed by atoms with Crippen molar-refractivity contribution in [2.24, 2.45) is 10.9 Å². The normalized spacial score (nSPS) is 15.9. The van der Waals surface area contributed by atoms with Crippen LogP contribution in [0, 0.1) is 5.92 Å². The Labute approximate surface area is 185 Å². The molecular weight excluding hydrogens is 465 g/mol. The fraction of sp³-hybridized carbons (Fsp3) is 0.550. The van der Waals surface area contributed by atoms with Crippen LogP contribution in [0.25, 0.3) is 5.82 Å². The number of hydrogen-bond acceptors (Lipinski definition) is 4. The first kappa shape index (κ1) is 22.6. The Bertz CT molecular complexity index is 709. The number of guanidine groups is 1. The van der Waals surface area contributed by atoms with E-state index in [-0.39, 0.29) is 24.0 Å². The van der Waals surface area contributed by atoms with Gasteiger partial charge >= 0.3 is 0 Å². The maximum Gasteiger partial charge on any atom is 0.191 e. The number of piperidine rings is 1. The number of nitrogens with one attached hydrogen (secondary N) is 2. The molecule has 7 nitrogen and oxygen atoms in total. The van der Waals surface area contributed by atoms with Crippen LogP contribution >= 0.6 is 24.0 Å². The molecule has 2 N–H and O–H groups in total. The summed E-state index contributed by atoms with van der Waals surface area (Å²) in [6, 6.07) is 5.93. The van der Waals surface area contributed by atoms with Gasteiger partial charge in [0.25, 0.3) is 0 Å². The smallest absolute Gasteiger partial charge is 0.191 e. The predicted octanol–water partition coefficient (Wildman–Crippen LogP) is 2.67. The Balaban J connectivity index is 0.00000280. The van der Waals surface area contributed by atoms with Crippen LogP contribution < -0.4 is 10.6 Å². The highest BCUT2D eigenvalue weighted by Gasteiger charge is 2.14. The molecule has 0 bridgehead atoms. The van der Waals surface area contributed by atoms with E-state index in [4.69, 9.17) is 0 Å². The number of likely N-dealkylation sites (tertiary alicyclic amines) is 1. The first-order valence-electron chi connectivity index (χ1n) is 9.86. The molecule has 1 fully saturated rings. The minimum atomic E-state index is 0. The molecule has 0 amide bonds. The zero-order valence-corrected chi connectivity index (χ0v) is 19.2. The zero-order chi connectivity index (χ0) is 18.9. The lowest BCUT2D eigenvalue weighted by Crippen LogP contribution is -2.39. The topological polar surface area (TPSA) is 70.4 Å². The molecule has 2 aromatic rings. The van der Waals surface area contributed by atoms with Gasteiger partial charge in [-0.2, -0.15) is 5.10 Å². The maximum atomic E-state index is 4.36. The van der Waals surface area contributed by atoms with Gasteiger partial charge in [0.05, 0.1) is 0 Å². The summed E-state index contributed by atoms with van der Waals surface area (Å²) in [5.41, 5.74) is 1.14. The highest BCUT2D eigenvalue weighted by Crippen LogP contribution is 2.15. The largest absolute Gasteiger partial charge is 0.356 e. The molecule has 1 aliphatic heterocycles. The molecule has 0 aliphatic carbocycles. The molecule has 2 aromatic heterocycles. The van der Waals surface area contributed by atoms with Crippen LogP contribution in [-0.2, 0) is 6.54 Å². The van der Waals surface area contributed by atoms with Crippen LogP contribution in [0.2, 0.25) is 0 Å². The second kappa shape index (κ2) is 12.0. The second-order valence-electron chi connectivity index (χ2n) is 7.20. The third kappa shape index (κ3) is 7.05. The molecule has 1 aliphatic rings. The minimum absolute atomic E-state index is 0. The molecule has 0 radical (unpaired) electrons. The zero-order valence-electron chi connectivity index (χ0n) is 16.8. The van der Waals surface area contributed by atoms with Crippen LogP contribution in [0.4, 0.5) is 0 Å². The summed E-state index contributed by atoms with van der Waals surface area (Å²) in [6.45, 7) is 7.63. The van der Waals surface area contributed by atoms with E-state index in [1.165, 1.54) is 25.9 Å². The number of rotatable bonds is 7. The summed E-state index contributed by atoms with van der Waals surface area (Å²) in [5.74, 6) is 2.54. The van der Waals surface area contributed by atoms with E-state index in [0.29, 0.717) is 6.54 Å². The highest BCUT2D eigenvalue weighted by atomic mass is 127. The molecule has 3 rings (SSSR count). The third-order valence-electron chi connectivity index (χ3n) is 5.05. The minimum Gasteiger partial charge on any atom is -0.356 e. The van der Waals surface area contributed by atoms with E-state index in [9.17, 15) is 0 Å². The summed E-state index contributed by atoms with van der Waals surface area (Å²) in [5, 5.41) is 11.0. The SMILES string of the molecule is CN=C(NCCCN1CCC(C)CC1)NCc1ccnc(-n2cccn2)c1.I. The van der Waals surface area contributed by atoms with Crippen molar-refractivity contribution >= 4 is 29.9 Å². The lowest BCUT2D eigenvalue weighted by molar-refractivity contribution is 0.191. The van der Waals surface area contributed by atoms with Crippen molar-refractivity contribution in [3.63, 3.8) is 0 Å². The van der Waals surface area contributed by atoms with Crippen molar-refractivity contribution in [3.8, 4) is 5.82 Å². The summed E-state index contributed by atoms with van der Waals surface area (Å²) in [7, 11) is 1.81. The molecule has 0 unspecified atom stereocenters. The molecule has 8 heteroatoms. The quantitative estimate of drug-likeness (QED) is 0.267. The Hall–Kier alpha value is -1.68. The number of hydrogen-bond donors (Lipinski definition) is 2. The van der Waals surface area contributed by atoms with E-state index in [0.717, 1.165) is 42.8 Å². The van der Waals surface area contributed by atoms with Crippen LogP contribution in [-0.4, -0.2) is 58.9 Å². The van der Waals surface area contributed by atoms with E-state index in [1.807, 2.05) is 37.6 Å². The summed E-state index contributed by atoms with van der Waals surface area (Å²) < 4.78 is 1.76. The van der Waals surface area contributed by atoms with Crippen molar-refractivity contribution in [2.45, 2.75) is 32.7 Å². The van der Waals surface area contributed by atoms with Gasteiger partial charge in [-0.1, -0.05) is 6.92 Å². The molecule has 0 saturated carbocycles. The van der Waals surface area contributed by atoms with Gasteiger partial charge in [-0.05, 0) is 68.6 Å². The fourth-order valence-corrected chi connectivity index (χ4v) is 3.30. The van der Waals surface area contributed by atoms with Crippen LogP contribution in [0.1, 0.15) is 31.7 Å². The molecular formula is C20H32IN7. The number of nitrogens with zero attached hydrogens (tertiary/aromatic N) is 5. The van der Waals surface area contributed by atoms with Gasteiger partial charge < -0.3 is 15.5 Å². The Morgan fingerprint density at radius 2 is 2.07 bits per heavy atom. The molecule has 0 spiro atoms. The average Bonchev–Trinajstić information content (AvgIpc) is 3.24. The van der Waals surface area contributed by atoms with Crippen molar-refractivity contribution in [1.82, 2.24) is 30.3 Å². The first-order chi connectivity index (χ1) is 13.2. The second-order valence-corrected chi connectivity index (χ2v) is 7.20. The molecule has 1 saturated heterocycles. The number of pyridine rings is 1. The van der Waals surface area contributed by atoms with Crippen LogP contribution in [0.5, 0.6) is 0 Å². The Morgan fingerprint density at radius 1 is 1.25 bits per heavy atom. The van der Waals surface area contributed by atoms with Crippen LogP contribution in [0.15, 0.2) is 41.8 Å². The fourth-order valence-electron chi connectivity index (χ4n) is 3.30. The third-order valence-corrected chi connectivity index (χ3v) is 5.05. The van der Waals surface area contributed by atoms with E-state index < -0.39 is 0 Å².